The highest BCUT2D eigenvalue weighted by atomic mass is 16.5. The van der Waals surface area contributed by atoms with Gasteiger partial charge in [0, 0.05) is 25.9 Å². The van der Waals surface area contributed by atoms with Crippen LogP contribution in [0.1, 0.15) is 26.2 Å². The van der Waals surface area contributed by atoms with Gasteiger partial charge in [0.2, 0.25) is 11.7 Å². The molecule has 2 N–H and O–H groups in total. The van der Waals surface area contributed by atoms with Crippen LogP contribution in [0.3, 0.4) is 0 Å². The number of aryl methyl sites for hydroxylation is 1. The molecule has 0 aliphatic carbocycles. The molecule has 0 fully saturated rings. The Labute approximate surface area is 113 Å². The second kappa shape index (κ2) is 5.97. The molecule has 0 aromatic carbocycles. The summed E-state index contributed by atoms with van der Waals surface area (Å²) < 4.78 is 7.15. The van der Waals surface area contributed by atoms with Gasteiger partial charge in [0.15, 0.2) is 5.82 Å². The second-order valence-corrected chi connectivity index (χ2v) is 5.31. The van der Waals surface area contributed by atoms with E-state index in [9.17, 15) is 0 Å². The van der Waals surface area contributed by atoms with Crippen LogP contribution in [0.2, 0.25) is 0 Å². The van der Waals surface area contributed by atoms with Gasteiger partial charge in [-0.05, 0) is 24.8 Å². The highest BCUT2D eigenvalue weighted by molar-refractivity contribution is 5.42. The van der Waals surface area contributed by atoms with Gasteiger partial charge < -0.3 is 14.8 Å². The third kappa shape index (κ3) is 3.41. The first-order valence-electron chi connectivity index (χ1n) is 6.60. The van der Waals surface area contributed by atoms with E-state index in [2.05, 4.69) is 29.0 Å². The van der Waals surface area contributed by atoms with Crippen LogP contribution < -0.4 is 5.73 Å². The Morgan fingerprint density at radius 3 is 2.79 bits per heavy atom. The standard InChI is InChI=1S/C13H21N5O/c1-9(2)6-10(8-14)7-11-16-12(17-19-11)13-15-4-5-18(13)3/h4-5,9-10H,6-8,14H2,1-3H3/t10-/m0/s1. The molecule has 2 aromatic rings. The average molecular weight is 263 g/mol. The number of imidazole rings is 1. The highest BCUT2D eigenvalue weighted by Gasteiger charge is 2.17. The van der Waals surface area contributed by atoms with Gasteiger partial charge >= 0.3 is 0 Å². The van der Waals surface area contributed by atoms with Gasteiger partial charge in [-0.3, -0.25) is 0 Å². The molecule has 0 spiro atoms. The van der Waals surface area contributed by atoms with E-state index >= 15 is 0 Å². The summed E-state index contributed by atoms with van der Waals surface area (Å²) in [5.74, 6) is 2.88. The molecule has 0 radical (unpaired) electrons. The Kier molecular flexibility index (Phi) is 4.31. The van der Waals surface area contributed by atoms with Crippen molar-refractivity contribution in [3.63, 3.8) is 0 Å². The molecule has 104 valence electrons. The van der Waals surface area contributed by atoms with Crippen molar-refractivity contribution in [3.05, 3.63) is 18.3 Å². The van der Waals surface area contributed by atoms with Gasteiger partial charge in [0.1, 0.15) is 0 Å². The van der Waals surface area contributed by atoms with Crippen molar-refractivity contribution in [2.75, 3.05) is 6.54 Å². The summed E-state index contributed by atoms with van der Waals surface area (Å²) in [6, 6.07) is 0. The summed E-state index contributed by atoms with van der Waals surface area (Å²) in [4.78, 5) is 8.59. The fourth-order valence-corrected chi connectivity index (χ4v) is 2.19. The van der Waals surface area contributed by atoms with E-state index in [1.165, 1.54) is 0 Å². The molecular weight excluding hydrogens is 242 g/mol. The number of aromatic nitrogens is 4. The molecule has 6 heteroatoms. The van der Waals surface area contributed by atoms with E-state index in [0.717, 1.165) is 12.8 Å². The molecule has 2 aromatic heterocycles. The third-order valence-electron chi connectivity index (χ3n) is 3.09. The Balaban J connectivity index is 2.07. The fraction of sp³-hybridized carbons (Fsp3) is 0.615. The minimum absolute atomic E-state index is 0.384. The zero-order valence-corrected chi connectivity index (χ0v) is 11.7. The minimum Gasteiger partial charge on any atom is -0.339 e. The largest absolute Gasteiger partial charge is 0.339 e. The molecule has 0 bridgehead atoms. The van der Waals surface area contributed by atoms with E-state index in [0.29, 0.717) is 35.9 Å². The molecule has 2 heterocycles. The molecule has 0 aliphatic heterocycles. The maximum absolute atomic E-state index is 5.79. The van der Waals surface area contributed by atoms with Gasteiger partial charge in [-0.15, -0.1) is 0 Å². The van der Waals surface area contributed by atoms with Gasteiger partial charge in [0.05, 0.1) is 0 Å². The lowest BCUT2D eigenvalue weighted by Gasteiger charge is -2.14. The van der Waals surface area contributed by atoms with Crippen molar-refractivity contribution in [1.82, 2.24) is 19.7 Å². The number of nitrogens with zero attached hydrogens (tertiary/aromatic N) is 4. The van der Waals surface area contributed by atoms with Crippen LogP contribution in [-0.4, -0.2) is 26.2 Å². The molecule has 19 heavy (non-hydrogen) atoms. The van der Waals surface area contributed by atoms with Crippen LogP contribution in [0, 0.1) is 11.8 Å². The molecule has 0 amide bonds. The van der Waals surface area contributed by atoms with Crippen molar-refractivity contribution in [2.45, 2.75) is 26.7 Å². The van der Waals surface area contributed by atoms with Crippen molar-refractivity contribution in [3.8, 4) is 11.6 Å². The zero-order chi connectivity index (χ0) is 13.8. The summed E-state index contributed by atoms with van der Waals surface area (Å²) in [6.45, 7) is 5.02. The maximum Gasteiger partial charge on any atom is 0.238 e. The van der Waals surface area contributed by atoms with Crippen LogP contribution in [0.15, 0.2) is 16.9 Å². The molecule has 0 unspecified atom stereocenters. The van der Waals surface area contributed by atoms with Crippen molar-refractivity contribution >= 4 is 0 Å². The van der Waals surface area contributed by atoms with Crippen LogP contribution in [0.5, 0.6) is 0 Å². The molecule has 0 saturated carbocycles. The number of hydrogen-bond donors (Lipinski definition) is 1. The summed E-state index contributed by atoms with van der Waals surface area (Å²) >= 11 is 0. The SMILES string of the molecule is CC(C)C[C@H](CN)Cc1nc(-c2nccn2C)no1. The van der Waals surface area contributed by atoms with Gasteiger partial charge in [0.25, 0.3) is 0 Å². The Hall–Kier alpha value is -1.69. The van der Waals surface area contributed by atoms with Gasteiger partial charge in [-0.25, -0.2) is 4.98 Å². The lowest BCUT2D eigenvalue weighted by Crippen LogP contribution is -2.19. The molecule has 6 nitrogen and oxygen atoms in total. The van der Waals surface area contributed by atoms with Crippen LogP contribution in [-0.2, 0) is 13.5 Å². The molecule has 2 rings (SSSR count). The first kappa shape index (κ1) is 13.7. The molecule has 0 saturated heterocycles. The predicted octanol–water partition coefficient (Wildman–Crippen LogP) is 1.63. The monoisotopic (exact) mass is 263 g/mol. The van der Waals surface area contributed by atoms with E-state index < -0.39 is 0 Å². The van der Waals surface area contributed by atoms with Crippen molar-refractivity contribution < 1.29 is 4.52 Å². The predicted molar refractivity (Wildman–Crippen MR) is 72.2 cm³/mol. The van der Waals surface area contributed by atoms with Crippen LogP contribution in [0.4, 0.5) is 0 Å². The summed E-state index contributed by atoms with van der Waals surface area (Å²) in [7, 11) is 1.90. The lowest BCUT2D eigenvalue weighted by atomic mass is 9.94. The topological polar surface area (TPSA) is 82.8 Å². The Bertz CT molecular complexity index is 517. The fourth-order valence-electron chi connectivity index (χ4n) is 2.19. The average Bonchev–Trinajstić information content (AvgIpc) is 2.96. The van der Waals surface area contributed by atoms with E-state index in [-0.39, 0.29) is 0 Å². The summed E-state index contributed by atoms with van der Waals surface area (Å²) in [5.41, 5.74) is 5.79. The van der Waals surface area contributed by atoms with E-state index in [4.69, 9.17) is 10.3 Å². The minimum atomic E-state index is 0.384. The highest BCUT2D eigenvalue weighted by Crippen LogP contribution is 2.18. The Morgan fingerprint density at radius 1 is 1.42 bits per heavy atom. The van der Waals surface area contributed by atoms with Crippen LogP contribution >= 0.6 is 0 Å². The molecule has 1 atom stereocenters. The van der Waals surface area contributed by atoms with Gasteiger partial charge in [-0.2, -0.15) is 4.98 Å². The quantitative estimate of drug-likeness (QED) is 0.856. The maximum atomic E-state index is 5.79. The smallest absolute Gasteiger partial charge is 0.238 e. The first-order valence-corrected chi connectivity index (χ1v) is 6.60. The zero-order valence-electron chi connectivity index (χ0n) is 11.7. The van der Waals surface area contributed by atoms with Crippen molar-refractivity contribution in [1.29, 1.82) is 0 Å². The third-order valence-corrected chi connectivity index (χ3v) is 3.09. The normalized spacial score (nSPS) is 13.1. The summed E-state index contributed by atoms with van der Waals surface area (Å²) in [5, 5.41) is 3.98. The van der Waals surface area contributed by atoms with E-state index in [1.807, 2.05) is 17.8 Å². The number of nitrogens with two attached hydrogens (primary N) is 1. The second-order valence-electron chi connectivity index (χ2n) is 5.31. The number of hydrogen-bond acceptors (Lipinski definition) is 5. The first-order chi connectivity index (χ1) is 9.10. The lowest BCUT2D eigenvalue weighted by molar-refractivity contribution is 0.331. The Morgan fingerprint density at radius 2 is 2.21 bits per heavy atom. The van der Waals surface area contributed by atoms with Crippen LogP contribution in [0.25, 0.3) is 11.6 Å². The van der Waals surface area contributed by atoms with Crippen molar-refractivity contribution in [2.24, 2.45) is 24.6 Å². The number of rotatable bonds is 6. The van der Waals surface area contributed by atoms with Gasteiger partial charge in [-0.1, -0.05) is 19.0 Å². The molecular formula is C13H21N5O. The molecule has 0 aliphatic rings. The van der Waals surface area contributed by atoms with E-state index in [1.54, 1.807) is 6.20 Å². The summed E-state index contributed by atoms with van der Waals surface area (Å²) in [6.07, 6.45) is 5.36.